The first-order valence-corrected chi connectivity index (χ1v) is 6.75. The highest BCUT2D eigenvalue weighted by molar-refractivity contribution is 5.97. The van der Waals surface area contributed by atoms with Crippen LogP contribution in [0.15, 0.2) is 10.9 Å². The van der Waals surface area contributed by atoms with E-state index in [1.807, 2.05) is 5.10 Å². The van der Waals surface area contributed by atoms with Gasteiger partial charge >= 0.3 is 6.18 Å². The fourth-order valence-corrected chi connectivity index (χ4v) is 2.59. The number of hydrogen-bond donors (Lipinski definition) is 1. The van der Waals surface area contributed by atoms with Gasteiger partial charge in [-0.25, -0.2) is 9.50 Å². The topological polar surface area (TPSA) is 79.7 Å². The van der Waals surface area contributed by atoms with Crippen LogP contribution in [-0.2, 0) is 17.5 Å². The molecule has 1 aliphatic heterocycles. The van der Waals surface area contributed by atoms with Crippen LogP contribution in [0.5, 0.6) is 0 Å². The van der Waals surface area contributed by atoms with Gasteiger partial charge in [0.1, 0.15) is 11.4 Å². The fourth-order valence-electron chi connectivity index (χ4n) is 2.59. The monoisotopic (exact) mass is 330 g/mol. The Bertz CT molecular complexity index is 839. The van der Waals surface area contributed by atoms with Gasteiger partial charge in [-0.15, -0.1) is 0 Å². The summed E-state index contributed by atoms with van der Waals surface area (Å²) in [5, 5.41) is 1.98. The SMILES string of the molecule is COC[C@H](C)N1Cc2c(nc3cc(C(F)(F)F)[nH]n3c2=O)C1=O. The molecule has 23 heavy (non-hydrogen) atoms. The molecule has 0 saturated heterocycles. The summed E-state index contributed by atoms with van der Waals surface area (Å²) in [4.78, 5) is 30.0. The molecule has 0 fully saturated rings. The number of carbonyl (C=O) groups excluding carboxylic acids is 1. The number of halogens is 3. The number of nitrogens with one attached hydrogen (secondary N) is 1. The van der Waals surface area contributed by atoms with E-state index in [4.69, 9.17) is 4.74 Å². The molecule has 0 radical (unpaired) electrons. The Morgan fingerprint density at radius 2 is 2.13 bits per heavy atom. The summed E-state index contributed by atoms with van der Waals surface area (Å²) in [5.41, 5.74) is -2.07. The molecule has 124 valence electrons. The third-order valence-corrected chi connectivity index (χ3v) is 3.75. The quantitative estimate of drug-likeness (QED) is 0.912. The lowest BCUT2D eigenvalue weighted by Crippen LogP contribution is -2.36. The molecule has 1 amide bonds. The van der Waals surface area contributed by atoms with Crippen LogP contribution >= 0.6 is 0 Å². The van der Waals surface area contributed by atoms with E-state index in [1.54, 1.807) is 6.92 Å². The lowest BCUT2D eigenvalue weighted by molar-refractivity contribution is -0.141. The zero-order valence-electron chi connectivity index (χ0n) is 12.3. The molecule has 1 aliphatic rings. The third kappa shape index (κ3) is 2.38. The minimum Gasteiger partial charge on any atom is -0.383 e. The molecule has 0 saturated carbocycles. The van der Waals surface area contributed by atoms with Crippen LogP contribution < -0.4 is 5.56 Å². The number of aromatic amines is 1. The average Bonchev–Trinajstić information content (AvgIpc) is 3.02. The van der Waals surface area contributed by atoms with Crippen molar-refractivity contribution in [3.05, 3.63) is 33.4 Å². The Balaban J connectivity index is 2.09. The van der Waals surface area contributed by atoms with Gasteiger partial charge in [0, 0.05) is 13.2 Å². The summed E-state index contributed by atoms with van der Waals surface area (Å²) in [5.74, 6) is -0.487. The van der Waals surface area contributed by atoms with E-state index in [2.05, 4.69) is 4.98 Å². The normalized spacial score (nSPS) is 16.2. The molecule has 2 aromatic heterocycles. The molecule has 0 unspecified atom stereocenters. The van der Waals surface area contributed by atoms with Crippen molar-refractivity contribution in [3.63, 3.8) is 0 Å². The molecule has 1 N–H and O–H groups in total. The second kappa shape index (κ2) is 5.08. The Kier molecular flexibility index (Phi) is 3.43. The Morgan fingerprint density at radius 3 is 2.74 bits per heavy atom. The standard InChI is InChI=1S/C13H13F3N4O3/c1-6(5-23-2)19-4-7-10(12(19)22)17-9-3-8(13(14,15)16)18-20(9)11(7)21/h3,6,18H,4-5H2,1-2H3/t6-/m0/s1. The Labute approximate surface area is 127 Å². The van der Waals surface area contributed by atoms with E-state index in [9.17, 15) is 22.8 Å². The van der Waals surface area contributed by atoms with Crippen molar-refractivity contribution in [3.8, 4) is 0 Å². The van der Waals surface area contributed by atoms with Crippen molar-refractivity contribution in [2.75, 3.05) is 13.7 Å². The maximum Gasteiger partial charge on any atom is 0.432 e. The van der Waals surface area contributed by atoms with E-state index in [-0.39, 0.29) is 36.1 Å². The van der Waals surface area contributed by atoms with Crippen LogP contribution in [0.2, 0.25) is 0 Å². The van der Waals surface area contributed by atoms with E-state index >= 15 is 0 Å². The summed E-state index contributed by atoms with van der Waals surface area (Å²) in [6, 6.07) is 0.422. The number of fused-ring (bicyclic) bond motifs is 2. The highest BCUT2D eigenvalue weighted by Gasteiger charge is 2.37. The van der Waals surface area contributed by atoms with Crippen molar-refractivity contribution in [1.82, 2.24) is 19.5 Å². The zero-order valence-corrected chi connectivity index (χ0v) is 12.3. The number of aromatic nitrogens is 3. The number of hydrogen-bond acceptors (Lipinski definition) is 4. The minimum atomic E-state index is -4.63. The number of H-pyrrole nitrogens is 1. The van der Waals surface area contributed by atoms with Gasteiger partial charge in [0.05, 0.1) is 24.8 Å². The van der Waals surface area contributed by atoms with Gasteiger partial charge in [-0.05, 0) is 6.92 Å². The van der Waals surface area contributed by atoms with Gasteiger partial charge < -0.3 is 9.64 Å². The van der Waals surface area contributed by atoms with Crippen LogP contribution in [0.25, 0.3) is 5.65 Å². The Morgan fingerprint density at radius 1 is 1.43 bits per heavy atom. The molecule has 10 heteroatoms. The summed E-state index contributed by atoms with van der Waals surface area (Å²) in [6.45, 7) is 2.02. The third-order valence-electron chi connectivity index (χ3n) is 3.75. The average molecular weight is 330 g/mol. The smallest absolute Gasteiger partial charge is 0.383 e. The van der Waals surface area contributed by atoms with Crippen LogP contribution in [0.1, 0.15) is 28.7 Å². The predicted molar refractivity (Wildman–Crippen MR) is 72.0 cm³/mol. The second-order valence-electron chi connectivity index (χ2n) is 5.34. The number of carbonyl (C=O) groups is 1. The minimum absolute atomic E-state index is 0.00611. The largest absolute Gasteiger partial charge is 0.432 e. The first-order chi connectivity index (χ1) is 10.7. The van der Waals surface area contributed by atoms with Gasteiger partial charge in [-0.2, -0.15) is 13.2 Å². The van der Waals surface area contributed by atoms with Crippen molar-refractivity contribution >= 4 is 11.6 Å². The molecule has 3 rings (SSSR count). The maximum absolute atomic E-state index is 12.7. The van der Waals surface area contributed by atoms with E-state index in [0.717, 1.165) is 0 Å². The second-order valence-corrected chi connectivity index (χ2v) is 5.34. The molecule has 1 atom stereocenters. The summed E-state index contributed by atoms with van der Waals surface area (Å²) in [6.07, 6.45) is -4.63. The summed E-state index contributed by atoms with van der Waals surface area (Å²) < 4.78 is 43.9. The molecular weight excluding hydrogens is 317 g/mol. The summed E-state index contributed by atoms with van der Waals surface area (Å²) in [7, 11) is 1.49. The number of amides is 1. The van der Waals surface area contributed by atoms with Gasteiger partial charge in [0.2, 0.25) is 0 Å². The molecule has 2 aromatic rings. The van der Waals surface area contributed by atoms with Crippen LogP contribution in [0, 0.1) is 0 Å². The lowest BCUT2D eigenvalue weighted by Gasteiger charge is -2.22. The van der Waals surface area contributed by atoms with E-state index < -0.39 is 23.3 Å². The maximum atomic E-state index is 12.7. The summed E-state index contributed by atoms with van der Waals surface area (Å²) >= 11 is 0. The highest BCUT2D eigenvalue weighted by atomic mass is 19.4. The van der Waals surface area contributed by atoms with Crippen molar-refractivity contribution in [2.45, 2.75) is 25.7 Å². The lowest BCUT2D eigenvalue weighted by atomic mass is 10.2. The number of nitrogens with zero attached hydrogens (tertiary/aromatic N) is 3. The van der Waals surface area contributed by atoms with Crippen molar-refractivity contribution in [1.29, 1.82) is 0 Å². The fraction of sp³-hybridized carbons (Fsp3) is 0.462. The molecule has 0 spiro atoms. The van der Waals surface area contributed by atoms with E-state index in [1.165, 1.54) is 12.0 Å². The molecule has 7 nitrogen and oxygen atoms in total. The van der Waals surface area contributed by atoms with Crippen LogP contribution in [0.4, 0.5) is 13.2 Å². The Hall–Kier alpha value is -2.36. The van der Waals surface area contributed by atoms with Crippen molar-refractivity contribution < 1.29 is 22.7 Å². The molecule has 0 aromatic carbocycles. The molecule has 0 aliphatic carbocycles. The highest BCUT2D eigenvalue weighted by Crippen LogP contribution is 2.29. The molecular formula is C13H13F3N4O3. The van der Waals surface area contributed by atoms with Gasteiger partial charge in [-0.3, -0.25) is 14.7 Å². The van der Waals surface area contributed by atoms with Gasteiger partial charge in [0.15, 0.2) is 5.65 Å². The number of rotatable bonds is 3. The zero-order chi connectivity index (χ0) is 16.9. The molecule has 0 bridgehead atoms. The number of alkyl halides is 3. The van der Waals surface area contributed by atoms with E-state index in [0.29, 0.717) is 10.6 Å². The van der Waals surface area contributed by atoms with Gasteiger partial charge in [0.25, 0.3) is 11.5 Å². The first kappa shape index (κ1) is 15.5. The van der Waals surface area contributed by atoms with Crippen molar-refractivity contribution in [2.24, 2.45) is 0 Å². The predicted octanol–water partition coefficient (Wildman–Crippen LogP) is 1.03. The molecule has 3 heterocycles. The van der Waals surface area contributed by atoms with Crippen LogP contribution in [-0.4, -0.2) is 45.2 Å². The van der Waals surface area contributed by atoms with Gasteiger partial charge in [-0.1, -0.05) is 0 Å². The first-order valence-electron chi connectivity index (χ1n) is 6.75. The number of ether oxygens (including phenoxy) is 1. The van der Waals surface area contributed by atoms with Crippen LogP contribution in [0.3, 0.4) is 0 Å². The number of methoxy groups -OCH3 is 1.